The van der Waals surface area contributed by atoms with Crippen LogP contribution in [-0.2, 0) is 4.74 Å². The standard InChI is InChI=1S/C14H20F2N2O2/c1-9(2)8-18(6-7-20-3)14(19)12-10(15)4-5-11(17)13(12)16/h4-5,9H,6-8,17H2,1-3H3. The number of halogens is 2. The van der Waals surface area contributed by atoms with Crippen LogP contribution in [0.5, 0.6) is 0 Å². The smallest absolute Gasteiger partial charge is 0.259 e. The predicted octanol–water partition coefficient (Wildman–Crippen LogP) is 2.29. The molecule has 0 heterocycles. The molecule has 0 spiro atoms. The third-order valence-corrected chi connectivity index (χ3v) is 2.77. The van der Waals surface area contributed by atoms with E-state index in [9.17, 15) is 13.6 Å². The molecular weight excluding hydrogens is 266 g/mol. The molecule has 2 N–H and O–H groups in total. The molecule has 20 heavy (non-hydrogen) atoms. The van der Waals surface area contributed by atoms with Gasteiger partial charge in [0.2, 0.25) is 0 Å². The van der Waals surface area contributed by atoms with Gasteiger partial charge < -0.3 is 15.4 Å². The van der Waals surface area contributed by atoms with Gasteiger partial charge in [-0.1, -0.05) is 13.8 Å². The van der Waals surface area contributed by atoms with Crippen LogP contribution in [0.1, 0.15) is 24.2 Å². The Morgan fingerprint density at radius 2 is 2.05 bits per heavy atom. The van der Waals surface area contributed by atoms with Gasteiger partial charge >= 0.3 is 0 Å². The molecule has 0 atom stereocenters. The number of nitrogen functional groups attached to an aromatic ring is 1. The molecule has 0 aliphatic rings. The number of rotatable bonds is 6. The molecule has 0 bridgehead atoms. The molecule has 0 radical (unpaired) electrons. The first-order chi connectivity index (χ1) is 9.38. The maximum absolute atomic E-state index is 13.9. The molecule has 4 nitrogen and oxygen atoms in total. The van der Waals surface area contributed by atoms with E-state index >= 15 is 0 Å². The van der Waals surface area contributed by atoms with Crippen molar-refractivity contribution in [3.63, 3.8) is 0 Å². The zero-order valence-electron chi connectivity index (χ0n) is 12.0. The second-order valence-corrected chi connectivity index (χ2v) is 4.96. The summed E-state index contributed by atoms with van der Waals surface area (Å²) in [5.74, 6) is -2.46. The summed E-state index contributed by atoms with van der Waals surface area (Å²) in [6.07, 6.45) is 0. The fraction of sp³-hybridized carbons (Fsp3) is 0.500. The summed E-state index contributed by atoms with van der Waals surface area (Å²) in [4.78, 5) is 13.7. The van der Waals surface area contributed by atoms with E-state index in [0.29, 0.717) is 13.2 Å². The molecule has 1 rings (SSSR count). The van der Waals surface area contributed by atoms with Gasteiger partial charge in [-0.25, -0.2) is 8.78 Å². The molecule has 1 amide bonds. The third-order valence-electron chi connectivity index (χ3n) is 2.77. The first-order valence-corrected chi connectivity index (χ1v) is 6.40. The molecule has 0 unspecified atom stereocenters. The van der Waals surface area contributed by atoms with E-state index < -0.39 is 23.1 Å². The van der Waals surface area contributed by atoms with Crippen molar-refractivity contribution in [2.45, 2.75) is 13.8 Å². The average molecular weight is 286 g/mol. The van der Waals surface area contributed by atoms with Gasteiger partial charge in [0, 0.05) is 20.2 Å². The summed E-state index contributed by atoms with van der Waals surface area (Å²) in [6.45, 7) is 4.78. The number of benzene rings is 1. The number of anilines is 1. The molecule has 112 valence electrons. The Hall–Kier alpha value is -1.69. The molecule has 0 fully saturated rings. The predicted molar refractivity (Wildman–Crippen MR) is 73.4 cm³/mol. The van der Waals surface area contributed by atoms with Crippen molar-refractivity contribution in [3.05, 3.63) is 29.3 Å². The van der Waals surface area contributed by atoms with Crippen LogP contribution in [0.2, 0.25) is 0 Å². The Bertz CT molecular complexity index is 478. The monoisotopic (exact) mass is 286 g/mol. The molecule has 1 aromatic rings. The number of hydrogen-bond acceptors (Lipinski definition) is 3. The van der Waals surface area contributed by atoms with Gasteiger partial charge in [0.1, 0.15) is 11.4 Å². The van der Waals surface area contributed by atoms with Crippen LogP contribution in [0.25, 0.3) is 0 Å². The highest BCUT2D eigenvalue weighted by atomic mass is 19.1. The maximum Gasteiger partial charge on any atom is 0.259 e. The van der Waals surface area contributed by atoms with Crippen molar-refractivity contribution in [1.29, 1.82) is 0 Å². The van der Waals surface area contributed by atoms with Crippen molar-refractivity contribution >= 4 is 11.6 Å². The normalized spacial score (nSPS) is 10.9. The van der Waals surface area contributed by atoms with E-state index in [-0.39, 0.29) is 18.2 Å². The van der Waals surface area contributed by atoms with Crippen LogP contribution in [0.4, 0.5) is 14.5 Å². The van der Waals surface area contributed by atoms with E-state index in [1.165, 1.54) is 12.0 Å². The van der Waals surface area contributed by atoms with Crippen molar-refractivity contribution < 1.29 is 18.3 Å². The Morgan fingerprint density at radius 3 is 2.60 bits per heavy atom. The average Bonchev–Trinajstić information content (AvgIpc) is 2.38. The van der Waals surface area contributed by atoms with Crippen LogP contribution in [0.15, 0.2) is 12.1 Å². The highest BCUT2D eigenvalue weighted by molar-refractivity contribution is 5.95. The van der Waals surface area contributed by atoms with E-state index in [1.807, 2.05) is 13.8 Å². The quantitative estimate of drug-likeness (QED) is 0.816. The Morgan fingerprint density at radius 1 is 1.40 bits per heavy atom. The van der Waals surface area contributed by atoms with Gasteiger partial charge in [-0.2, -0.15) is 0 Å². The number of amides is 1. The fourth-order valence-electron chi connectivity index (χ4n) is 1.84. The minimum absolute atomic E-state index is 0.169. The Labute approximate surface area is 117 Å². The first kappa shape index (κ1) is 16.4. The van der Waals surface area contributed by atoms with E-state index in [4.69, 9.17) is 10.5 Å². The molecule has 0 saturated carbocycles. The van der Waals surface area contributed by atoms with Gasteiger partial charge in [-0.05, 0) is 18.1 Å². The molecule has 0 aliphatic heterocycles. The Balaban J connectivity index is 3.08. The van der Waals surface area contributed by atoms with Crippen LogP contribution < -0.4 is 5.73 Å². The number of nitrogens with two attached hydrogens (primary N) is 1. The van der Waals surface area contributed by atoms with Crippen LogP contribution >= 0.6 is 0 Å². The SMILES string of the molecule is COCCN(CC(C)C)C(=O)c1c(F)ccc(N)c1F. The van der Waals surface area contributed by atoms with E-state index in [0.717, 1.165) is 12.1 Å². The van der Waals surface area contributed by atoms with Gasteiger partial charge in [-0.3, -0.25) is 4.79 Å². The largest absolute Gasteiger partial charge is 0.396 e. The number of hydrogen-bond donors (Lipinski definition) is 1. The number of ether oxygens (including phenoxy) is 1. The number of carbonyl (C=O) groups is 1. The van der Waals surface area contributed by atoms with Gasteiger partial charge in [0.05, 0.1) is 12.3 Å². The topological polar surface area (TPSA) is 55.6 Å². The highest BCUT2D eigenvalue weighted by Gasteiger charge is 2.25. The minimum atomic E-state index is -1.01. The number of methoxy groups -OCH3 is 1. The lowest BCUT2D eigenvalue weighted by atomic mass is 10.1. The second kappa shape index (κ2) is 7.19. The molecule has 0 saturated heterocycles. The van der Waals surface area contributed by atoms with E-state index in [2.05, 4.69) is 0 Å². The van der Waals surface area contributed by atoms with Crippen molar-refractivity contribution in [2.75, 3.05) is 32.5 Å². The maximum atomic E-state index is 13.9. The summed E-state index contributed by atoms with van der Waals surface area (Å²) in [7, 11) is 1.50. The van der Waals surface area contributed by atoms with Gasteiger partial charge in [-0.15, -0.1) is 0 Å². The summed E-state index contributed by atoms with van der Waals surface area (Å²) in [5.41, 5.74) is 4.54. The van der Waals surface area contributed by atoms with Crippen LogP contribution in [0.3, 0.4) is 0 Å². The van der Waals surface area contributed by atoms with Gasteiger partial charge in [0.25, 0.3) is 5.91 Å². The third kappa shape index (κ3) is 3.90. The molecule has 0 aromatic heterocycles. The summed E-state index contributed by atoms with van der Waals surface area (Å²) >= 11 is 0. The molecule has 1 aromatic carbocycles. The van der Waals surface area contributed by atoms with Gasteiger partial charge in [0.15, 0.2) is 5.82 Å². The van der Waals surface area contributed by atoms with Crippen molar-refractivity contribution in [3.8, 4) is 0 Å². The zero-order chi connectivity index (χ0) is 15.3. The molecule has 0 aliphatic carbocycles. The highest BCUT2D eigenvalue weighted by Crippen LogP contribution is 2.20. The summed E-state index contributed by atoms with van der Waals surface area (Å²) in [5, 5.41) is 0. The second-order valence-electron chi connectivity index (χ2n) is 4.96. The minimum Gasteiger partial charge on any atom is -0.396 e. The summed E-state index contributed by atoms with van der Waals surface area (Å²) < 4.78 is 32.5. The first-order valence-electron chi connectivity index (χ1n) is 6.40. The zero-order valence-corrected chi connectivity index (χ0v) is 12.0. The Kier molecular flexibility index (Phi) is 5.88. The van der Waals surface area contributed by atoms with E-state index in [1.54, 1.807) is 0 Å². The lowest BCUT2D eigenvalue weighted by Crippen LogP contribution is -2.37. The fourth-order valence-corrected chi connectivity index (χ4v) is 1.84. The number of nitrogens with zero attached hydrogens (tertiary/aromatic N) is 1. The number of carbonyl (C=O) groups excluding carboxylic acids is 1. The molecular formula is C14H20F2N2O2. The van der Waals surface area contributed by atoms with Crippen LogP contribution in [0, 0.1) is 17.6 Å². The van der Waals surface area contributed by atoms with Crippen molar-refractivity contribution in [1.82, 2.24) is 4.90 Å². The summed E-state index contributed by atoms with van der Waals surface area (Å²) in [6, 6.07) is 2.10. The lowest BCUT2D eigenvalue weighted by molar-refractivity contribution is 0.0663. The van der Waals surface area contributed by atoms with Crippen LogP contribution in [-0.4, -0.2) is 37.6 Å². The lowest BCUT2D eigenvalue weighted by Gasteiger charge is -2.25. The van der Waals surface area contributed by atoms with Crippen molar-refractivity contribution in [2.24, 2.45) is 5.92 Å². The molecule has 6 heteroatoms.